The number of amides is 1. The van der Waals surface area contributed by atoms with E-state index in [1.165, 1.54) is 6.21 Å². The first-order valence-corrected chi connectivity index (χ1v) is 13.0. The maximum Gasteiger partial charge on any atom is 0.343 e. The van der Waals surface area contributed by atoms with Gasteiger partial charge in [-0.05, 0) is 66.4 Å². The van der Waals surface area contributed by atoms with Crippen LogP contribution in [0.1, 0.15) is 29.8 Å². The van der Waals surface area contributed by atoms with Crippen LogP contribution in [0.3, 0.4) is 0 Å². The van der Waals surface area contributed by atoms with Gasteiger partial charge in [-0.1, -0.05) is 66.7 Å². The Morgan fingerprint density at radius 1 is 0.800 bits per heavy atom. The van der Waals surface area contributed by atoms with Gasteiger partial charge in [0.25, 0.3) is 5.91 Å². The van der Waals surface area contributed by atoms with E-state index in [9.17, 15) is 9.59 Å². The van der Waals surface area contributed by atoms with Gasteiger partial charge in [0.05, 0.1) is 18.4 Å². The van der Waals surface area contributed by atoms with Crippen LogP contribution in [0, 0.1) is 0 Å². The number of nitrogens with zero attached hydrogens (tertiary/aromatic N) is 1. The highest BCUT2D eigenvalue weighted by Crippen LogP contribution is 2.28. The lowest BCUT2D eigenvalue weighted by atomic mass is 10.0. The van der Waals surface area contributed by atoms with Gasteiger partial charge in [-0.3, -0.25) is 4.79 Å². The number of nitrogens with one attached hydrogen (secondary N) is 1. The van der Waals surface area contributed by atoms with Crippen LogP contribution in [0.2, 0.25) is 0 Å². The molecule has 7 heteroatoms. The minimum Gasteiger partial charge on any atom is -0.494 e. The van der Waals surface area contributed by atoms with Gasteiger partial charge in [-0.15, -0.1) is 0 Å². The van der Waals surface area contributed by atoms with Crippen molar-refractivity contribution in [2.24, 2.45) is 5.10 Å². The fraction of sp³-hybridized carbons (Fsp3) is 0.121. The molecule has 0 saturated heterocycles. The molecule has 200 valence electrons. The molecule has 0 radical (unpaired) electrons. The normalized spacial score (nSPS) is 11.8. The topological polar surface area (TPSA) is 86.2 Å². The first kappa shape index (κ1) is 26.4. The molecule has 0 saturated carbocycles. The van der Waals surface area contributed by atoms with Gasteiger partial charge in [0.1, 0.15) is 17.2 Å². The zero-order chi connectivity index (χ0) is 27.9. The number of hydrogen-bond acceptors (Lipinski definition) is 6. The molecule has 5 rings (SSSR count). The Bertz CT molecular complexity index is 1690. The molecular weight excluding hydrogens is 504 g/mol. The summed E-state index contributed by atoms with van der Waals surface area (Å²) in [6, 6.07) is 31.5. The highest BCUT2D eigenvalue weighted by atomic mass is 16.5. The van der Waals surface area contributed by atoms with E-state index in [1.54, 1.807) is 37.3 Å². The summed E-state index contributed by atoms with van der Waals surface area (Å²) in [6.45, 7) is 4.09. The van der Waals surface area contributed by atoms with Crippen molar-refractivity contribution in [3.63, 3.8) is 0 Å². The van der Waals surface area contributed by atoms with Crippen molar-refractivity contribution in [3.05, 3.63) is 114 Å². The summed E-state index contributed by atoms with van der Waals surface area (Å²) >= 11 is 0. The van der Waals surface area contributed by atoms with Crippen LogP contribution < -0.4 is 19.6 Å². The van der Waals surface area contributed by atoms with Gasteiger partial charge in [-0.2, -0.15) is 5.10 Å². The highest BCUT2D eigenvalue weighted by molar-refractivity contribution is 6.04. The van der Waals surface area contributed by atoms with Crippen molar-refractivity contribution in [1.82, 2.24) is 5.43 Å². The number of hydrogen-bond donors (Lipinski definition) is 1. The molecule has 40 heavy (non-hydrogen) atoms. The predicted octanol–water partition coefficient (Wildman–Crippen LogP) is 6.53. The molecule has 7 nitrogen and oxygen atoms in total. The van der Waals surface area contributed by atoms with Crippen molar-refractivity contribution in [3.8, 4) is 17.2 Å². The smallest absolute Gasteiger partial charge is 0.343 e. The summed E-state index contributed by atoms with van der Waals surface area (Å²) in [7, 11) is 0. The number of carbonyl (C=O) groups excluding carboxylic acids is 2. The van der Waals surface area contributed by atoms with Crippen molar-refractivity contribution in [1.29, 1.82) is 0 Å². The monoisotopic (exact) mass is 532 g/mol. The second-order valence-electron chi connectivity index (χ2n) is 9.02. The molecule has 1 atom stereocenters. The van der Waals surface area contributed by atoms with E-state index in [0.717, 1.165) is 21.5 Å². The molecule has 0 aromatic heterocycles. The zero-order valence-corrected chi connectivity index (χ0v) is 22.2. The van der Waals surface area contributed by atoms with Crippen LogP contribution in [0.4, 0.5) is 0 Å². The summed E-state index contributed by atoms with van der Waals surface area (Å²) in [5.41, 5.74) is 3.48. The Kier molecular flexibility index (Phi) is 8.02. The lowest BCUT2D eigenvalue weighted by molar-refractivity contribution is -0.127. The van der Waals surface area contributed by atoms with E-state index in [2.05, 4.69) is 10.5 Å². The van der Waals surface area contributed by atoms with Crippen LogP contribution >= 0.6 is 0 Å². The third kappa shape index (κ3) is 5.94. The van der Waals surface area contributed by atoms with Crippen molar-refractivity contribution in [2.45, 2.75) is 20.0 Å². The van der Waals surface area contributed by atoms with Crippen LogP contribution in [0.25, 0.3) is 21.5 Å². The maximum absolute atomic E-state index is 12.9. The first-order chi connectivity index (χ1) is 19.5. The van der Waals surface area contributed by atoms with Gasteiger partial charge < -0.3 is 14.2 Å². The van der Waals surface area contributed by atoms with Gasteiger partial charge in [0.2, 0.25) is 0 Å². The number of ether oxygens (including phenoxy) is 3. The van der Waals surface area contributed by atoms with Gasteiger partial charge >= 0.3 is 5.97 Å². The summed E-state index contributed by atoms with van der Waals surface area (Å²) in [5.74, 6) is 0.663. The number of benzene rings is 5. The van der Waals surface area contributed by atoms with E-state index in [0.29, 0.717) is 35.0 Å². The van der Waals surface area contributed by atoms with Crippen molar-refractivity contribution in [2.75, 3.05) is 6.61 Å². The minimum atomic E-state index is -0.799. The molecule has 0 unspecified atom stereocenters. The Hall–Kier alpha value is -5.17. The number of esters is 1. The Balaban J connectivity index is 1.33. The molecule has 0 heterocycles. The number of carbonyl (C=O) groups is 2. The van der Waals surface area contributed by atoms with Crippen molar-refractivity contribution >= 4 is 39.6 Å². The second-order valence-corrected chi connectivity index (χ2v) is 9.02. The minimum absolute atomic E-state index is 0.315. The van der Waals surface area contributed by atoms with Crippen molar-refractivity contribution < 1.29 is 23.8 Å². The summed E-state index contributed by atoms with van der Waals surface area (Å²) in [5, 5.41) is 7.87. The fourth-order valence-corrected chi connectivity index (χ4v) is 4.30. The highest BCUT2D eigenvalue weighted by Gasteiger charge is 2.17. The molecule has 0 fully saturated rings. The molecule has 0 aliphatic heterocycles. The average Bonchev–Trinajstić information content (AvgIpc) is 2.98. The lowest BCUT2D eigenvalue weighted by Gasteiger charge is -2.15. The fourth-order valence-electron chi connectivity index (χ4n) is 4.30. The maximum atomic E-state index is 12.9. The molecule has 0 aliphatic rings. The van der Waals surface area contributed by atoms with E-state index in [1.807, 2.05) is 79.7 Å². The quantitative estimate of drug-likeness (QED) is 0.101. The molecule has 5 aromatic carbocycles. The van der Waals surface area contributed by atoms with Crippen LogP contribution in [-0.2, 0) is 4.79 Å². The molecule has 5 aromatic rings. The Labute approximate surface area is 232 Å². The summed E-state index contributed by atoms with van der Waals surface area (Å²) < 4.78 is 17.1. The molecular formula is C33H28N2O5. The number of rotatable bonds is 9. The zero-order valence-electron chi connectivity index (χ0n) is 22.2. The number of fused-ring (bicyclic) bond motifs is 2. The third-order valence-electron chi connectivity index (χ3n) is 6.33. The average molecular weight is 533 g/mol. The second kappa shape index (κ2) is 12.1. The molecule has 0 spiro atoms. The Morgan fingerprint density at radius 3 is 2.23 bits per heavy atom. The lowest BCUT2D eigenvalue weighted by Crippen LogP contribution is -2.33. The predicted molar refractivity (Wildman–Crippen MR) is 156 cm³/mol. The standard InChI is InChI=1S/C33H28N2O5/c1-3-38-26-18-15-25(16-19-26)33(37)40-31-20-17-24-10-4-6-12-27(24)29(31)21-34-35-32(36)22(2)39-30-14-8-11-23-9-5-7-13-28(23)30/h4-22H,3H2,1-2H3,(H,35,36)/b34-21-/t22-/m1/s1. The molecule has 0 bridgehead atoms. The van der Waals surface area contributed by atoms with E-state index in [4.69, 9.17) is 14.2 Å². The van der Waals surface area contributed by atoms with E-state index >= 15 is 0 Å². The van der Waals surface area contributed by atoms with Crippen LogP contribution in [-0.4, -0.2) is 30.8 Å². The summed E-state index contributed by atoms with van der Waals surface area (Å²) in [6.07, 6.45) is 0.679. The molecule has 1 N–H and O–H groups in total. The third-order valence-corrected chi connectivity index (χ3v) is 6.33. The summed E-state index contributed by atoms with van der Waals surface area (Å²) in [4.78, 5) is 25.7. The van der Waals surface area contributed by atoms with E-state index in [-0.39, 0.29) is 0 Å². The van der Waals surface area contributed by atoms with E-state index < -0.39 is 18.0 Å². The Morgan fingerprint density at radius 2 is 1.48 bits per heavy atom. The SMILES string of the molecule is CCOc1ccc(C(=O)Oc2ccc3ccccc3c2/C=N\NC(=O)[C@@H](C)Oc2cccc3ccccc23)cc1. The largest absolute Gasteiger partial charge is 0.494 e. The van der Waals surface area contributed by atoms with Gasteiger partial charge in [0, 0.05) is 10.9 Å². The van der Waals surface area contributed by atoms with Crippen LogP contribution in [0.15, 0.2) is 108 Å². The number of hydrazone groups is 1. The van der Waals surface area contributed by atoms with Crippen LogP contribution in [0.5, 0.6) is 17.2 Å². The molecule has 0 aliphatic carbocycles. The first-order valence-electron chi connectivity index (χ1n) is 13.0. The van der Waals surface area contributed by atoms with Gasteiger partial charge in [-0.25, -0.2) is 10.2 Å². The molecule has 1 amide bonds. The van der Waals surface area contributed by atoms with Gasteiger partial charge in [0.15, 0.2) is 6.10 Å².